The maximum atomic E-state index is 11.4. The molecule has 0 spiro atoms. The van der Waals surface area contributed by atoms with Crippen molar-refractivity contribution in [3.8, 4) is 5.75 Å². The number of hydrogen-bond acceptors (Lipinski definition) is 3. The number of carboxylic acid groups (broad SMARTS) is 1. The summed E-state index contributed by atoms with van der Waals surface area (Å²) in [6, 6.07) is 11.6. The molecule has 5 heteroatoms. The fourth-order valence-corrected chi connectivity index (χ4v) is 6.78. The van der Waals surface area contributed by atoms with Crippen LogP contribution in [0, 0.1) is 11.8 Å². The molecule has 1 N–H and O–H groups in total. The molecule has 2 unspecified atom stereocenters. The van der Waals surface area contributed by atoms with Crippen LogP contribution in [0.5, 0.6) is 5.75 Å². The number of ether oxygens (including phenoxy) is 1. The molecular weight excluding hydrogens is 434 g/mol. The highest BCUT2D eigenvalue weighted by atomic mass is 35.5. The van der Waals surface area contributed by atoms with Gasteiger partial charge in [-0.3, -0.25) is 9.69 Å². The van der Waals surface area contributed by atoms with Crippen molar-refractivity contribution in [1.29, 1.82) is 0 Å². The summed E-state index contributed by atoms with van der Waals surface area (Å²) in [5, 5.41) is 12.4. The van der Waals surface area contributed by atoms with Crippen LogP contribution in [-0.2, 0) is 11.2 Å². The van der Waals surface area contributed by atoms with Crippen molar-refractivity contribution in [2.75, 3.05) is 6.54 Å². The van der Waals surface area contributed by atoms with Gasteiger partial charge in [-0.05, 0) is 80.7 Å². The van der Waals surface area contributed by atoms with Crippen LogP contribution in [0.4, 0.5) is 0 Å². The van der Waals surface area contributed by atoms with E-state index in [4.69, 9.17) is 16.3 Å². The van der Waals surface area contributed by atoms with E-state index in [1.165, 1.54) is 24.8 Å². The Morgan fingerprint density at radius 2 is 1.79 bits per heavy atom. The highest BCUT2D eigenvalue weighted by Gasteiger charge is 2.42. The van der Waals surface area contributed by atoms with E-state index < -0.39 is 5.97 Å². The molecule has 33 heavy (non-hydrogen) atoms. The lowest BCUT2D eigenvalue weighted by atomic mass is 9.86. The molecule has 1 saturated carbocycles. The van der Waals surface area contributed by atoms with Gasteiger partial charge in [-0.15, -0.1) is 0 Å². The second-order valence-electron chi connectivity index (χ2n) is 10.5. The summed E-state index contributed by atoms with van der Waals surface area (Å²) in [6.45, 7) is 3.29. The van der Waals surface area contributed by atoms with Crippen LogP contribution in [0.15, 0.2) is 30.3 Å². The predicted octanol–water partition coefficient (Wildman–Crippen LogP) is 6.71. The number of rotatable bonds is 7. The lowest BCUT2D eigenvalue weighted by Crippen LogP contribution is -2.45. The van der Waals surface area contributed by atoms with E-state index in [-0.39, 0.29) is 12.0 Å². The summed E-state index contributed by atoms with van der Waals surface area (Å²) in [7, 11) is 0. The van der Waals surface area contributed by atoms with E-state index >= 15 is 0 Å². The van der Waals surface area contributed by atoms with Crippen LogP contribution in [0.3, 0.4) is 0 Å². The molecule has 2 heterocycles. The number of fused-ring (bicyclic) bond motifs is 3. The van der Waals surface area contributed by atoms with Gasteiger partial charge < -0.3 is 9.84 Å². The minimum absolute atomic E-state index is 0.153. The van der Waals surface area contributed by atoms with Gasteiger partial charge in [0.05, 0.1) is 17.0 Å². The Hall–Kier alpha value is -1.78. The molecule has 2 aromatic rings. The van der Waals surface area contributed by atoms with Gasteiger partial charge in [0.1, 0.15) is 5.75 Å². The lowest BCUT2D eigenvalue weighted by Gasteiger charge is -2.37. The number of benzene rings is 2. The molecule has 3 aliphatic rings. The third-order valence-electron chi connectivity index (χ3n) is 8.54. The van der Waals surface area contributed by atoms with E-state index in [1.54, 1.807) is 0 Å². The van der Waals surface area contributed by atoms with Crippen molar-refractivity contribution in [2.45, 2.75) is 89.3 Å². The second kappa shape index (κ2) is 9.84. The zero-order valence-electron chi connectivity index (χ0n) is 19.6. The Bertz CT molecular complexity index is 986. The summed E-state index contributed by atoms with van der Waals surface area (Å²) < 4.78 is 6.32. The van der Waals surface area contributed by atoms with Crippen molar-refractivity contribution in [3.05, 3.63) is 40.9 Å². The predicted molar refractivity (Wildman–Crippen MR) is 133 cm³/mol. The van der Waals surface area contributed by atoms with Gasteiger partial charge in [0.15, 0.2) is 0 Å². The monoisotopic (exact) mass is 469 g/mol. The van der Waals surface area contributed by atoms with E-state index in [0.717, 1.165) is 79.0 Å². The number of nitrogens with zero attached hydrogens (tertiary/aromatic N) is 1. The van der Waals surface area contributed by atoms with Crippen molar-refractivity contribution in [3.63, 3.8) is 0 Å². The minimum Gasteiger partial charge on any atom is -0.489 e. The summed E-state index contributed by atoms with van der Waals surface area (Å²) in [5.74, 6) is 0.901. The van der Waals surface area contributed by atoms with Crippen molar-refractivity contribution >= 4 is 28.3 Å². The number of hydrogen-bond donors (Lipinski definition) is 1. The topological polar surface area (TPSA) is 49.8 Å². The van der Waals surface area contributed by atoms with Crippen LogP contribution in [0.2, 0.25) is 5.02 Å². The lowest BCUT2D eigenvalue weighted by molar-refractivity contribution is -0.144. The first kappa shape index (κ1) is 23.0. The van der Waals surface area contributed by atoms with E-state index in [2.05, 4.69) is 36.1 Å². The Morgan fingerprint density at radius 3 is 2.45 bits per heavy atom. The largest absolute Gasteiger partial charge is 0.489 e. The highest BCUT2D eigenvalue weighted by Crippen LogP contribution is 2.39. The molecule has 2 aliphatic heterocycles. The first-order valence-electron chi connectivity index (χ1n) is 12.9. The summed E-state index contributed by atoms with van der Waals surface area (Å²) in [6.07, 6.45) is 11.2. The van der Waals surface area contributed by atoms with Crippen LogP contribution in [-0.4, -0.2) is 40.7 Å². The smallest absolute Gasteiger partial charge is 0.306 e. The third kappa shape index (κ3) is 4.88. The average molecular weight is 470 g/mol. The van der Waals surface area contributed by atoms with Gasteiger partial charge in [-0.25, -0.2) is 0 Å². The van der Waals surface area contributed by atoms with Crippen molar-refractivity contribution in [1.82, 2.24) is 4.90 Å². The zero-order valence-corrected chi connectivity index (χ0v) is 20.4. The van der Waals surface area contributed by atoms with Gasteiger partial charge in [0.25, 0.3) is 0 Å². The molecule has 0 amide bonds. The molecule has 2 aromatic carbocycles. The molecule has 1 aliphatic carbocycles. The fraction of sp³-hybridized carbons (Fsp3) is 0.607. The SMILES string of the molecule is CCC1CCC(Oc2ccc3cc(CCN4C5CC[C@@H]4CC(C(=O)O)C5)ccc3c2Cl)CC1. The molecule has 5 rings (SSSR count). The molecule has 3 fully saturated rings. The Morgan fingerprint density at radius 1 is 1.06 bits per heavy atom. The maximum Gasteiger partial charge on any atom is 0.306 e. The quantitative estimate of drug-likeness (QED) is 0.489. The zero-order chi connectivity index (χ0) is 22.9. The number of carbonyl (C=O) groups is 1. The summed E-state index contributed by atoms with van der Waals surface area (Å²) in [5.41, 5.74) is 1.31. The molecular formula is C28H36ClNO3. The summed E-state index contributed by atoms with van der Waals surface area (Å²) >= 11 is 6.77. The molecule has 0 radical (unpaired) electrons. The van der Waals surface area contributed by atoms with E-state index in [0.29, 0.717) is 12.1 Å². The Balaban J connectivity index is 1.22. The first-order valence-corrected chi connectivity index (χ1v) is 13.3. The number of aliphatic carboxylic acids is 1. The molecule has 3 atom stereocenters. The highest BCUT2D eigenvalue weighted by molar-refractivity contribution is 6.37. The normalized spacial score (nSPS) is 29.9. The van der Waals surface area contributed by atoms with Gasteiger partial charge in [0, 0.05) is 24.0 Å². The van der Waals surface area contributed by atoms with Crippen molar-refractivity contribution < 1.29 is 14.6 Å². The van der Waals surface area contributed by atoms with Gasteiger partial charge in [-0.1, -0.05) is 49.2 Å². The third-order valence-corrected chi connectivity index (χ3v) is 8.93. The number of carboxylic acids is 1. The van der Waals surface area contributed by atoms with Crippen LogP contribution >= 0.6 is 11.6 Å². The molecule has 2 saturated heterocycles. The molecule has 0 aromatic heterocycles. The standard InChI is InChI=1S/C28H36ClNO3/c1-2-18-3-9-24(10-4-18)33-26-12-6-20-15-19(5-11-25(20)27(26)29)13-14-30-22-7-8-23(30)17-21(16-22)28(31)32/h5-6,11-12,15,18,21-24H,2-4,7-10,13-14,16-17H2,1H3,(H,31,32)/t18?,21?,22-,23?,24?/m1/s1. The van der Waals surface area contributed by atoms with Crippen LogP contribution in [0.1, 0.15) is 70.3 Å². The van der Waals surface area contributed by atoms with Gasteiger partial charge in [0.2, 0.25) is 0 Å². The van der Waals surface area contributed by atoms with Crippen LogP contribution < -0.4 is 4.74 Å². The number of halogens is 1. The Labute approximate surface area is 202 Å². The van der Waals surface area contributed by atoms with E-state index in [1.807, 2.05) is 6.07 Å². The Kier molecular flexibility index (Phi) is 6.85. The average Bonchev–Trinajstić information content (AvgIpc) is 3.06. The van der Waals surface area contributed by atoms with E-state index in [9.17, 15) is 9.90 Å². The maximum absolute atomic E-state index is 11.4. The second-order valence-corrected chi connectivity index (χ2v) is 10.9. The van der Waals surface area contributed by atoms with Crippen LogP contribution in [0.25, 0.3) is 10.8 Å². The van der Waals surface area contributed by atoms with Gasteiger partial charge in [-0.2, -0.15) is 0 Å². The van der Waals surface area contributed by atoms with Crippen molar-refractivity contribution in [2.24, 2.45) is 11.8 Å². The molecule has 4 nitrogen and oxygen atoms in total. The molecule has 178 valence electrons. The first-order chi connectivity index (χ1) is 16.0. The van der Waals surface area contributed by atoms with Gasteiger partial charge >= 0.3 is 5.97 Å². The minimum atomic E-state index is -0.616. The summed E-state index contributed by atoms with van der Waals surface area (Å²) in [4.78, 5) is 14.0. The number of piperidine rings is 1. The fourth-order valence-electron chi connectivity index (χ4n) is 6.50. The molecule has 2 bridgehead atoms.